The molecule has 0 bridgehead atoms. The van der Waals surface area contributed by atoms with Crippen LogP contribution in [0.5, 0.6) is 0 Å². The van der Waals surface area contributed by atoms with Crippen molar-refractivity contribution in [3.05, 3.63) is 29.3 Å². The van der Waals surface area contributed by atoms with Crippen LogP contribution in [-0.4, -0.2) is 18.0 Å². The van der Waals surface area contributed by atoms with Gasteiger partial charge < -0.3 is 5.32 Å². The number of amides is 3. The largest absolute Gasteiger partial charge is 0.329 e. The maximum Gasteiger partial charge on any atom is 0.329 e. The number of benzene rings is 1. The fourth-order valence-corrected chi connectivity index (χ4v) is 1.87. The smallest absolute Gasteiger partial charge is 0.324 e. The van der Waals surface area contributed by atoms with E-state index < -0.39 is 12.1 Å². The molecule has 1 aliphatic rings. The lowest BCUT2D eigenvalue weighted by Crippen LogP contribution is -2.31. The Balaban J connectivity index is 2.35. The molecule has 0 spiro atoms. The Labute approximate surface area is 104 Å². The summed E-state index contributed by atoms with van der Waals surface area (Å²) < 4.78 is 0. The summed E-state index contributed by atoms with van der Waals surface area (Å²) in [5, 5.41) is 2.86. The van der Waals surface area contributed by atoms with Crippen LogP contribution in [0.25, 0.3) is 0 Å². The highest BCUT2D eigenvalue weighted by atomic mass is 35.5. The van der Waals surface area contributed by atoms with Crippen LogP contribution < -0.4 is 10.2 Å². The molecule has 1 saturated heterocycles. The molecule has 0 aromatic heterocycles. The predicted octanol–water partition coefficient (Wildman–Crippen LogP) is 1.79. The molecule has 1 N–H and O–H groups in total. The molecular weight excluding hydrogens is 240 g/mol. The van der Waals surface area contributed by atoms with E-state index >= 15 is 0 Å². The van der Waals surface area contributed by atoms with E-state index in [9.17, 15) is 9.59 Å². The molecule has 0 aliphatic carbocycles. The van der Waals surface area contributed by atoms with Crippen LogP contribution in [-0.2, 0) is 4.79 Å². The highest BCUT2D eigenvalue weighted by molar-refractivity contribution is 6.35. The molecule has 1 aliphatic heterocycles. The maximum atomic E-state index is 11.9. The van der Waals surface area contributed by atoms with Crippen molar-refractivity contribution in [3.8, 4) is 12.3 Å². The molecule has 17 heavy (non-hydrogen) atoms. The summed E-state index contributed by atoms with van der Waals surface area (Å²) in [6, 6.07) is 5.50. The van der Waals surface area contributed by atoms with E-state index in [4.69, 9.17) is 18.0 Å². The Morgan fingerprint density at radius 1 is 1.41 bits per heavy atom. The van der Waals surface area contributed by atoms with Gasteiger partial charge in [0, 0.05) is 6.42 Å². The lowest BCUT2D eigenvalue weighted by molar-refractivity contribution is -0.118. The molecule has 1 atom stereocenters. The third-order valence-corrected chi connectivity index (χ3v) is 2.75. The molecule has 0 saturated carbocycles. The van der Waals surface area contributed by atoms with Crippen LogP contribution in [0, 0.1) is 12.3 Å². The van der Waals surface area contributed by atoms with Crippen LogP contribution in [0.3, 0.4) is 0 Å². The van der Waals surface area contributed by atoms with Gasteiger partial charge in [0.25, 0.3) is 5.91 Å². The van der Waals surface area contributed by atoms with E-state index in [-0.39, 0.29) is 12.3 Å². The van der Waals surface area contributed by atoms with Crippen molar-refractivity contribution in [2.75, 3.05) is 4.90 Å². The minimum Gasteiger partial charge on any atom is -0.324 e. The second-order valence-electron chi connectivity index (χ2n) is 3.54. The van der Waals surface area contributed by atoms with Gasteiger partial charge in [-0.25, -0.2) is 9.69 Å². The molecule has 1 heterocycles. The average molecular weight is 249 g/mol. The highest BCUT2D eigenvalue weighted by Gasteiger charge is 2.39. The number of nitrogens with one attached hydrogen (secondary N) is 1. The van der Waals surface area contributed by atoms with Gasteiger partial charge in [-0.05, 0) is 12.1 Å². The van der Waals surface area contributed by atoms with E-state index in [0.29, 0.717) is 10.7 Å². The van der Waals surface area contributed by atoms with E-state index in [2.05, 4.69) is 11.2 Å². The molecule has 1 fully saturated rings. The fourth-order valence-electron chi connectivity index (χ4n) is 1.65. The number of imide groups is 1. The molecular formula is C12H9ClN2O2. The van der Waals surface area contributed by atoms with Gasteiger partial charge in [-0.2, -0.15) is 0 Å². The third kappa shape index (κ3) is 1.97. The van der Waals surface area contributed by atoms with E-state index in [1.807, 2.05) is 0 Å². The van der Waals surface area contributed by atoms with Crippen LogP contribution in [0.2, 0.25) is 5.02 Å². The summed E-state index contributed by atoms with van der Waals surface area (Å²) in [6.45, 7) is 0. The zero-order valence-corrected chi connectivity index (χ0v) is 9.57. The number of hydrogen-bond acceptors (Lipinski definition) is 2. The maximum absolute atomic E-state index is 11.9. The SMILES string of the molecule is C#CCC1NC(=O)N(c2ccccc2Cl)C1=O. The molecule has 1 aromatic carbocycles. The van der Waals surface area contributed by atoms with Crippen LogP contribution in [0.1, 0.15) is 6.42 Å². The van der Waals surface area contributed by atoms with Crippen LogP contribution in [0.15, 0.2) is 24.3 Å². The normalized spacial score (nSPS) is 19.1. The van der Waals surface area contributed by atoms with E-state index in [0.717, 1.165) is 4.90 Å². The van der Waals surface area contributed by atoms with Gasteiger partial charge in [0.15, 0.2) is 0 Å². The highest BCUT2D eigenvalue weighted by Crippen LogP contribution is 2.28. The first-order chi connectivity index (χ1) is 8.15. The number of para-hydroxylation sites is 1. The molecule has 5 heteroatoms. The van der Waals surface area contributed by atoms with Crippen molar-refractivity contribution in [3.63, 3.8) is 0 Å². The molecule has 4 nitrogen and oxygen atoms in total. The van der Waals surface area contributed by atoms with Crippen molar-refractivity contribution in [2.24, 2.45) is 0 Å². The Hall–Kier alpha value is -1.99. The Morgan fingerprint density at radius 2 is 2.12 bits per heavy atom. The fraction of sp³-hybridized carbons (Fsp3) is 0.167. The topological polar surface area (TPSA) is 49.4 Å². The van der Waals surface area contributed by atoms with Gasteiger partial charge in [0.05, 0.1) is 10.7 Å². The first-order valence-corrected chi connectivity index (χ1v) is 5.35. The first kappa shape index (κ1) is 11.5. The summed E-state index contributed by atoms with van der Waals surface area (Å²) in [6.07, 6.45) is 5.30. The molecule has 1 aromatic rings. The molecule has 0 radical (unpaired) electrons. The minimum atomic E-state index is -0.663. The summed E-state index contributed by atoms with van der Waals surface area (Å²) in [4.78, 5) is 24.7. The Bertz CT molecular complexity index is 521. The van der Waals surface area contributed by atoms with Crippen molar-refractivity contribution >= 4 is 29.2 Å². The number of anilines is 1. The van der Waals surface area contributed by atoms with Crippen molar-refractivity contribution in [1.29, 1.82) is 0 Å². The summed E-state index contributed by atoms with van der Waals surface area (Å²) in [5.74, 6) is 1.98. The monoisotopic (exact) mass is 248 g/mol. The minimum absolute atomic E-state index is 0.172. The molecule has 3 amide bonds. The third-order valence-electron chi connectivity index (χ3n) is 2.43. The number of urea groups is 1. The van der Waals surface area contributed by atoms with Gasteiger partial charge >= 0.3 is 6.03 Å². The van der Waals surface area contributed by atoms with Gasteiger partial charge in [0.2, 0.25) is 0 Å². The van der Waals surface area contributed by atoms with Crippen LogP contribution in [0.4, 0.5) is 10.5 Å². The van der Waals surface area contributed by atoms with Crippen LogP contribution >= 0.6 is 11.6 Å². The summed E-state index contributed by atoms with van der Waals surface area (Å²) >= 11 is 5.95. The standard InChI is InChI=1S/C12H9ClN2O2/c1-2-5-9-11(16)15(12(17)14-9)10-7-4-3-6-8(10)13/h1,3-4,6-7,9H,5H2,(H,14,17). The second kappa shape index (κ2) is 4.48. The van der Waals surface area contributed by atoms with Crippen molar-refractivity contribution < 1.29 is 9.59 Å². The van der Waals surface area contributed by atoms with Crippen molar-refractivity contribution in [1.82, 2.24) is 5.32 Å². The zero-order chi connectivity index (χ0) is 12.4. The van der Waals surface area contributed by atoms with E-state index in [1.54, 1.807) is 24.3 Å². The molecule has 1 unspecified atom stereocenters. The van der Waals surface area contributed by atoms with E-state index in [1.165, 1.54) is 0 Å². The number of terminal acetylenes is 1. The lowest BCUT2D eigenvalue weighted by atomic mass is 10.2. The lowest BCUT2D eigenvalue weighted by Gasteiger charge is -2.13. The number of carbonyl (C=O) groups excluding carboxylic acids is 2. The number of carbonyl (C=O) groups is 2. The van der Waals surface area contributed by atoms with Gasteiger partial charge in [-0.15, -0.1) is 12.3 Å². The Kier molecular flexibility index (Phi) is 3.03. The summed E-state index contributed by atoms with van der Waals surface area (Å²) in [5.41, 5.74) is 0.371. The average Bonchev–Trinajstić information content (AvgIpc) is 2.57. The number of halogens is 1. The van der Waals surface area contributed by atoms with Gasteiger partial charge in [-0.3, -0.25) is 4.79 Å². The van der Waals surface area contributed by atoms with Gasteiger partial charge in [0.1, 0.15) is 6.04 Å². The first-order valence-electron chi connectivity index (χ1n) is 4.97. The van der Waals surface area contributed by atoms with Gasteiger partial charge in [-0.1, -0.05) is 23.7 Å². The summed E-state index contributed by atoms with van der Waals surface area (Å²) in [7, 11) is 0. The Morgan fingerprint density at radius 3 is 2.76 bits per heavy atom. The quantitative estimate of drug-likeness (QED) is 0.641. The predicted molar refractivity (Wildman–Crippen MR) is 64.7 cm³/mol. The second-order valence-corrected chi connectivity index (χ2v) is 3.94. The number of hydrogen-bond donors (Lipinski definition) is 1. The molecule has 2 rings (SSSR count). The zero-order valence-electron chi connectivity index (χ0n) is 8.81. The van der Waals surface area contributed by atoms with Crippen molar-refractivity contribution in [2.45, 2.75) is 12.5 Å². The number of nitrogens with zero attached hydrogens (tertiary/aromatic N) is 1. The molecule has 86 valence electrons. The number of rotatable bonds is 2.